The van der Waals surface area contributed by atoms with Crippen LogP contribution in [0, 0.1) is 0 Å². The molecule has 1 aromatic heterocycles. The molecule has 5 heteroatoms. The number of carbonyl (C=O) groups is 1. The Morgan fingerprint density at radius 3 is 2.78 bits per heavy atom. The smallest absolute Gasteiger partial charge is 0.275 e. The molecule has 0 saturated carbocycles. The molecule has 18 heavy (non-hydrogen) atoms. The molecule has 0 radical (unpaired) electrons. The lowest BCUT2D eigenvalue weighted by atomic mass is 10.2. The van der Waals surface area contributed by atoms with Crippen molar-refractivity contribution in [3.05, 3.63) is 24.2 Å². The molecule has 1 unspecified atom stereocenters. The van der Waals surface area contributed by atoms with E-state index in [-0.39, 0.29) is 18.1 Å². The van der Waals surface area contributed by atoms with Crippen molar-refractivity contribution in [1.29, 1.82) is 0 Å². The normalized spacial score (nSPS) is 28.0. The van der Waals surface area contributed by atoms with Crippen LogP contribution in [0.3, 0.4) is 0 Å². The van der Waals surface area contributed by atoms with Gasteiger partial charge in [0.15, 0.2) is 6.54 Å². The highest BCUT2D eigenvalue weighted by atomic mass is 16.5. The molecular formula is C13H21N2O3+. The third-order valence-corrected chi connectivity index (χ3v) is 3.07. The van der Waals surface area contributed by atoms with Crippen LogP contribution in [0.4, 0.5) is 0 Å². The summed E-state index contributed by atoms with van der Waals surface area (Å²) in [5, 5.41) is 2.87. The Labute approximate surface area is 107 Å². The number of hydrogen-bond donors (Lipinski definition) is 2. The summed E-state index contributed by atoms with van der Waals surface area (Å²) in [6.45, 7) is 6.84. The standard InChI is InChI=1S/C13H20N2O3/c1-10-7-15(8-11(2)18-10)9-13(16)14-6-12-4-3-5-17-12/h3-5,10-11H,6-9H2,1-2H3,(H,14,16)/p+1/t10-,11+. The number of nitrogens with one attached hydrogen (secondary N) is 2. The molecular weight excluding hydrogens is 232 g/mol. The number of hydrogen-bond acceptors (Lipinski definition) is 3. The summed E-state index contributed by atoms with van der Waals surface area (Å²) in [5.74, 6) is 0.838. The van der Waals surface area contributed by atoms with E-state index in [2.05, 4.69) is 19.2 Å². The van der Waals surface area contributed by atoms with E-state index in [0.29, 0.717) is 13.1 Å². The van der Waals surface area contributed by atoms with E-state index in [0.717, 1.165) is 18.8 Å². The molecule has 2 rings (SSSR count). The van der Waals surface area contributed by atoms with Crippen LogP contribution in [0.1, 0.15) is 19.6 Å². The zero-order valence-corrected chi connectivity index (χ0v) is 10.9. The second kappa shape index (κ2) is 6.02. The molecule has 2 heterocycles. The molecule has 1 aliphatic heterocycles. The molecule has 5 nitrogen and oxygen atoms in total. The number of carbonyl (C=O) groups excluding carboxylic acids is 1. The Balaban J connectivity index is 1.73. The van der Waals surface area contributed by atoms with E-state index in [4.69, 9.17) is 9.15 Å². The molecule has 2 N–H and O–H groups in total. The highest BCUT2D eigenvalue weighted by Gasteiger charge is 2.26. The maximum Gasteiger partial charge on any atom is 0.275 e. The zero-order chi connectivity index (χ0) is 13.0. The van der Waals surface area contributed by atoms with E-state index in [1.807, 2.05) is 12.1 Å². The fourth-order valence-corrected chi connectivity index (χ4v) is 2.42. The summed E-state index contributed by atoms with van der Waals surface area (Å²) in [6, 6.07) is 3.67. The Morgan fingerprint density at radius 2 is 2.17 bits per heavy atom. The zero-order valence-electron chi connectivity index (χ0n) is 10.9. The minimum Gasteiger partial charge on any atom is -0.467 e. The third-order valence-electron chi connectivity index (χ3n) is 3.07. The van der Waals surface area contributed by atoms with Gasteiger partial charge in [-0.3, -0.25) is 4.79 Å². The van der Waals surface area contributed by atoms with Crippen molar-refractivity contribution in [1.82, 2.24) is 5.32 Å². The van der Waals surface area contributed by atoms with Crippen molar-refractivity contribution in [3.8, 4) is 0 Å². The predicted octanol–water partition coefficient (Wildman–Crippen LogP) is -0.412. The molecule has 0 spiro atoms. The maximum atomic E-state index is 11.8. The van der Waals surface area contributed by atoms with Crippen LogP contribution in [0.5, 0.6) is 0 Å². The van der Waals surface area contributed by atoms with Gasteiger partial charge in [-0.1, -0.05) is 0 Å². The first-order chi connectivity index (χ1) is 8.63. The van der Waals surface area contributed by atoms with Crippen molar-refractivity contribution < 1.29 is 18.8 Å². The lowest BCUT2D eigenvalue weighted by Crippen LogP contribution is -3.16. The highest BCUT2D eigenvalue weighted by molar-refractivity contribution is 5.76. The third kappa shape index (κ3) is 3.85. The van der Waals surface area contributed by atoms with Crippen LogP contribution in [-0.2, 0) is 16.1 Å². The van der Waals surface area contributed by atoms with Crippen molar-refractivity contribution in [2.45, 2.75) is 32.6 Å². The minimum absolute atomic E-state index is 0.0581. The van der Waals surface area contributed by atoms with Gasteiger partial charge in [-0.15, -0.1) is 0 Å². The number of rotatable bonds is 4. The van der Waals surface area contributed by atoms with E-state index in [1.54, 1.807) is 6.26 Å². The molecule has 1 fully saturated rings. The summed E-state index contributed by atoms with van der Waals surface area (Å²) in [6.07, 6.45) is 2.06. The summed E-state index contributed by atoms with van der Waals surface area (Å²) in [4.78, 5) is 13.1. The highest BCUT2D eigenvalue weighted by Crippen LogP contribution is 1.99. The monoisotopic (exact) mass is 253 g/mol. The molecule has 1 aliphatic rings. The van der Waals surface area contributed by atoms with Gasteiger partial charge in [-0.2, -0.15) is 0 Å². The van der Waals surface area contributed by atoms with E-state index < -0.39 is 0 Å². The van der Waals surface area contributed by atoms with Gasteiger partial charge in [-0.05, 0) is 26.0 Å². The van der Waals surface area contributed by atoms with Crippen LogP contribution >= 0.6 is 0 Å². The Bertz CT molecular complexity index is 368. The van der Waals surface area contributed by atoms with Gasteiger partial charge in [0.2, 0.25) is 0 Å². The van der Waals surface area contributed by atoms with Crippen LogP contribution in [-0.4, -0.2) is 37.7 Å². The number of morpholine rings is 1. The Hall–Kier alpha value is -1.33. The summed E-state index contributed by atoms with van der Waals surface area (Å²) >= 11 is 0. The number of amides is 1. The average Bonchev–Trinajstić information content (AvgIpc) is 2.77. The topological polar surface area (TPSA) is 55.9 Å². The minimum atomic E-state index is 0.0581. The summed E-state index contributed by atoms with van der Waals surface area (Å²) < 4.78 is 10.8. The van der Waals surface area contributed by atoms with Gasteiger partial charge < -0.3 is 19.4 Å². The van der Waals surface area contributed by atoms with Crippen molar-refractivity contribution in [3.63, 3.8) is 0 Å². The molecule has 3 atom stereocenters. The quantitative estimate of drug-likeness (QED) is 0.767. The molecule has 100 valence electrons. The van der Waals surface area contributed by atoms with Crippen LogP contribution in [0.2, 0.25) is 0 Å². The van der Waals surface area contributed by atoms with Gasteiger partial charge in [0.25, 0.3) is 5.91 Å². The SMILES string of the molecule is C[C@@H]1C[NH+](CC(=O)NCc2ccco2)C[C@H](C)O1. The van der Waals surface area contributed by atoms with Crippen molar-refractivity contribution in [2.75, 3.05) is 19.6 Å². The Morgan fingerprint density at radius 1 is 1.44 bits per heavy atom. The van der Waals surface area contributed by atoms with Gasteiger partial charge in [0.1, 0.15) is 31.1 Å². The lowest BCUT2D eigenvalue weighted by molar-refractivity contribution is -0.907. The molecule has 1 saturated heterocycles. The van der Waals surface area contributed by atoms with Gasteiger partial charge in [0.05, 0.1) is 12.8 Å². The number of quaternary nitrogens is 1. The first-order valence-electron chi connectivity index (χ1n) is 6.41. The first-order valence-corrected chi connectivity index (χ1v) is 6.41. The molecule has 0 aliphatic carbocycles. The van der Waals surface area contributed by atoms with Crippen LogP contribution in [0.25, 0.3) is 0 Å². The Kier molecular flexibility index (Phi) is 4.38. The van der Waals surface area contributed by atoms with Crippen molar-refractivity contribution in [2.24, 2.45) is 0 Å². The first kappa shape index (κ1) is 13.1. The van der Waals surface area contributed by atoms with Crippen LogP contribution < -0.4 is 10.2 Å². The largest absolute Gasteiger partial charge is 0.467 e. The van der Waals surface area contributed by atoms with E-state index >= 15 is 0 Å². The summed E-state index contributed by atoms with van der Waals surface area (Å²) in [7, 11) is 0. The number of furan rings is 1. The van der Waals surface area contributed by atoms with E-state index in [1.165, 1.54) is 4.90 Å². The second-order valence-electron chi connectivity index (χ2n) is 4.95. The fraction of sp³-hybridized carbons (Fsp3) is 0.615. The fourth-order valence-electron chi connectivity index (χ4n) is 2.42. The van der Waals surface area contributed by atoms with Gasteiger partial charge in [0, 0.05) is 0 Å². The molecule has 0 bridgehead atoms. The van der Waals surface area contributed by atoms with E-state index in [9.17, 15) is 4.79 Å². The van der Waals surface area contributed by atoms with Gasteiger partial charge in [-0.25, -0.2) is 0 Å². The second-order valence-corrected chi connectivity index (χ2v) is 4.95. The molecule has 0 aromatic carbocycles. The summed E-state index contributed by atoms with van der Waals surface area (Å²) in [5.41, 5.74) is 0. The lowest BCUT2D eigenvalue weighted by Gasteiger charge is -2.31. The molecule has 1 amide bonds. The van der Waals surface area contributed by atoms with Crippen molar-refractivity contribution >= 4 is 5.91 Å². The average molecular weight is 253 g/mol. The predicted molar refractivity (Wildman–Crippen MR) is 66.1 cm³/mol. The molecule has 1 aromatic rings. The van der Waals surface area contributed by atoms with Crippen LogP contribution in [0.15, 0.2) is 22.8 Å². The number of ether oxygens (including phenoxy) is 1. The van der Waals surface area contributed by atoms with Gasteiger partial charge >= 0.3 is 0 Å². The maximum absolute atomic E-state index is 11.8.